The number of rotatable bonds is 8. The molecule has 1 heterocycles. The van der Waals surface area contributed by atoms with Crippen LogP contribution in [0.3, 0.4) is 0 Å². The van der Waals surface area contributed by atoms with E-state index in [0.29, 0.717) is 11.3 Å². The Morgan fingerprint density at radius 1 is 1.09 bits per heavy atom. The highest BCUT2D eigenvalue weighted by Gasteiger charge is 2.24. The van der Waals surface area contributed by atoms with E-state index >= 15 is 0 Å². The summed E-state index contributed by atoms with van der Waals surface area (Å²) in [7, 11) is 5.66. The second-order valence-electron chi connectivity index (χ2n) is 7.89. The summed E-state index contributed by atoms with van der Waals surface area (Å²) >= 11 is 0.890. The number of amides is 1. The van der Waals surface area contributed by atoms with Crippen molar-refractivity contribution in [1.82, 2.24) is 14.8 Å². The number of hydrogen-bond acceptors (Lipinski definition) is 7. The Morgan fingerprint density at radius 2 is 1.70 bits per heavy atom. The maximum absolute atomic E-state index is 14.0. The molecule has 3 N–H and O–H groups in total. The monoisotopic (exact) mass is 473 g/mol. The minimum absolute atomic E-state index is 0.0406. The van der Waals surface area contributed by atoms with E-state index in [9.17, 15) is 18.4 Å². The van der Waals surface area contributed by atoms with Crippen molar-refractivity contribution >= 4 is 39.7 Å². The normalized spacial score (nSPS) is 12.0. The Bertz CT molecular complexity index is 1140. The Balaban J connectivity index is 1.74. The zero-order valence-corrected chi connectivity index (χ0v) is 19.5. The molecule has 1 amide bonds. The zero-order chi connectivity index (χ0) is 24.3. The van der Waals surface area contributed by atoms with E-state index in [1.807, 2.05) is 25.9 Å². The first-order valence-corrected chi connectivity index (χ1v) is 10.9. The Kier molecular flexibility index (Phi) is 7.39. The van der Waals surface area contributed by atoms with Crippen LogP contribution in [0.15, 0.2) is 42.5 Å². The van der Waals surface area contributed by atoms with Gasteiger partial charge in [-0.2, -0.15) is 0 Å². The molecule has 0 bridgehead atoms. The molecule has 3 aromatic rings. The van der Waals surface area contributed by atoms with Crippen LogP contribution in [0.4, 0.5) is 25.4 Å². The quantitative estimate of drug-likeness (QED) is 0.481. The first-order chi connectivity index (χ1) is 15.6. The van der Waals surface area contributed by atoms with Crippen LogP contribution in [0.2, 0.25) is 0 Å². The first kappa shape index (κ1) is 24.3. The van der Waals surface area contributed by atoms with Crippen LogP contribution in [0, 0.1) is 11.6 Å². The molecule has 33 heavy (non-hydrogen) atoms. The Morgan fingerprint density at radius 3 is 2.27 bits per heavy atom. The molecule has 0 saturated carbocycles. The molecule has 0 spiro atoms. The van der Waals surface area contributed by atoms with Crippen LogP contribution in [0.1, 0.15) is 32.5 Å². The van der Waals surface area contributed by atoms with E-state index in [1.165, 1.54) is 6.07 Å². The second-order valence-corrected chi connectivity index (χ2v) is 8.89. The lowest BCUT2D eigenvalue weighted by Gasteiger charge is -2.27. The van der Waals surface area contributed by atoms with Gasteiger partial charge in [-0.3, -0.25) is 9.59 Å². The van der Waals surface area contributed by atoms with Gasteiger partial charge in [0.25, 0.3) is 5.91 Å². The van der Waals surface area contributed by atoms with E-state index < -0.39 is 23.0 Å². The van der Waals surface area contributed by atoms with Crippen molar-refractivity contribution in [3.05, 3.63) is 70.1 Å². The van der Waals surface area contributed by atoms with Gasteiger partial charge in [0, 0.05) is 30.9 Å². The average molecular weight is 474 g/mol. The van der Waals surface area contributed by atoms with Gasteiger partial charge in [-0.05, 0) is 57.4 Å². The standard InChI is InChI=1S/C23H25F2N5O2S/c1-13(12-29(2)3)30(4)22(32)14-8-10-15(11-9-14)27-23-28-21(26)20(33-23)19(31)18-16(24)6-5-7-17(18)25/h5-11,13H,12,26H2,1-4H3,(H,27,28)/t13-/m1/s1. The predicted octanol–water partition coefficient (Wildman–Crippen LogP) is 4.00. The fourth-order valence-electron chi connectivity index (χ4n) is 3.25. The molecule has 1 aromatic heterocycles. The number of thiazole rings is 1. The summed E-state index contributed by atoms with van der Waals surface area (Å²) in [6.45, 7) is 2.72. The molecule has 7 nitrogen and oxygen atoms in total. The number of likely N-dealkylation sites (N-methyl/N-ethyl adjacent to an activating group) is 2. The third-order valence-corrected chi connectivity index (χ3v) is 6.03. The van der Waals surface area contributed by atoms with Crippen LogP contribution in [-0.4, -0.2) is 60.2 Å². The van der Waals surface area contributed by atoms with Gasteiger partial charge < -0.3 is 20.9 Å². The summed E-state index contributed by atoms with van der Waals surface area (Å²) in [5.41, 5.74) is 6.30. The average Bonchev–Trinajstić information content (AvgIpc) is 3.12. The minimum Gasteiger partial charge on any atom is -0.382 e. The summed E-state index contributed by atoms with van der Waals surface area (Å²) in [6, 6.07) is 10.0. The molecule has 3 rings (SSSR count). The van der Waals surface area contributed by atoms with Gasteiger partial charge in [0.05, 0.1) is 5.56 Å². The van der Waals surface area contributed by atoms with Crippen LogP contribution >= 0.6 is 11.3 Å². The highest BCUT2D eigenvalue weighted by molar-refractivity contribution is 7.18. The van der Waals surface area contributed by atoms with Crippen molar-refractivity contribution < 1.29 is 18.4 Å². The number of halogens is 2. The maximum Gasteiger partial charge on any atom is 0.253 e. The summed E-state index contributed by atoms with van der Waals surface area (Å²) in [5, 5.41) is 3.28. The fraction of sp³-hybridized carbons (Fsp3) is 0.261. The van der Waals surface area contributed by atoms with Crippen LogP contribution < -0.4 is 11.1 Å². The van der Waals surface area contributed by atoms with Gasteiger partial charge in [0.15, 0.2) is 5.13 Å². The number of nitrogens with two attached hydrogens (primary N) is 1. The van der Waals surface area contributed by atoms with Crippen molar-refractivity contribution in [3.63, 3.8) is 0 Å². The van der Waals surface area contributed by atoms with E-state index in [0.717, 1.165) is 30.0 Å². The van der Waals surface area contributed by atoms with Gasteiger partial charge in [-0.15, -0.1) is 0 Å². The first-order valence-electron chi connectivity index (χ1n) is 10.1. The van der Waals surface area contributed by atoms with Crippen LogP contribution in [0.5, 0.6) is 0 Å². The smallest absolute Gasteiger partial charge is 0.253 e. The number of anilines is 3. The Hall–Kier alpha value is -3.37. The van der Waals surface area contributed by atoms with E-state index in [-0.39, 0.29) is 27.8 Å². The topological polar surface area (TPSA) is 91.6 Å². The molecule has 1 atom stereocenters. The lowest BCUT2D eigenvalue weighted by atomic mass is 10.1. The van der Waals surface area contributed by atoms with Crippen molar-refractivity contribution in [3.8, 4) is 0 Å². The molecule has 0 aliphatic rings. The lowest BCUT2D eigenvalue weighted by Crippen LogP contribution is -2.41. The molecule has 0 radical (unpaired) electrons. The highest BCUT2D eigenvalue weighted by Crippen LogP contribution is 2.31. The fourth-order valence-corrected chi connectivity index (χ4v) is 4.10. The van der Waals surface area contributed by atoms with Crippen molar-refractivity contribution in [2.24, 2.45) is 0 Å². The third-order valence-electron chi connectivity index (χ3n) is 5.04. The molecule has 0 fully saturated rings. The van der Waals surface area contributed by atoms with Gasteiger partial charge in [0.1, 0.15) is 22.3 Å². The Labute approximate surface area is 194 Å². The van der Waals surface area contributed by atoms with Gasteiger partial charge in [-0.1, -0.05) is 17.4 Å². The van der Waals surface area contributed by atoms with Crippen LogP contribution in [0.25, 0.3) is 0 Å². The number of carbonyl (C=O) groups excluding carboxylic acids is 2. The summed E-state index contributed by atoms with van der Waals surface area (Å²) in [5.74, 6) is -3.03. The molecular weight excluding hydrogens is 448 g/mol. The molecule has 2 aromatic carbocycles. The second kappa shape index (κ2) is 10.1. The number of carbonyl (C=O) groups is 2. The molecule has 0 aliphatic heterocycles. The molecule has 0 unspecified atom stereocenters. The van der Waals surface area contributed by atoms with E-state index in [1.54, 1.807) is 36.2 Å². The molecule has 0 saturated heterocycles. The molecule has 10 heteroatoms. The van der Waals surface area contributed by atoms with Crippen molar-refractivity contribution in [1.29, 1.82) is 0 Å². The predicted molar refractivity (Wildman–Crippen MR) is 126 cm³/mol. The van der Waals surface area contributed by atoms with Crippen molar-refractivity contribution in [2.75, 3.05) is 38.7 Å². The highest BCUT2D eigenvalue weighted by atomic mass is 32.1. The van der Waals surface area contributed by atoms with Crippen LogP contribution in [-0.2, 0) is 0 Å². The van der Waals surface area contributed by atoms with Gasteiger partial charge >= 0.3 is 0 Å². The minimum atomic E-state index is -0.965. The van der Waals surface area contributed by atoms with E-state index in [4.69, 9.17) is 5.73 Å². The molecule has 0 aliphatic carbocycles. The summed E-state index contributed by atoms with van der Waals surface area (Å²) in [4.78, 5) is 33.1. The summed E-state index contributed by atoms with van der Waals surface area (Å²) < 4.78 is 28.0. The number of nitrogen functional groups attached to an aromatic ring is 1. The molecular formula is C23H25F2N5O2S. The summed E-state index contributed by atoms with van der Waals surface area (Å²) in [6.07, 6.45) is 0. The number of hydrogen-bond donors (Lipinski definition) is 2. The number of aromatic nitrogens is 1. The number of nitrogens with one attached hydrogen (secondary N) is 1. The SMILES string of the molecule is C[C@H](CN(C)C)N(C)C(=O)c1ccc(Nc2nc(N)c(C(=O)c3c(F)cccc3F)s2)cc1. The van der Waals surface area contributed by atoms with Crippen molar-refractivity contribution in [2.45, 2.75) is 13.0 Å². The largest absolute Gasteiger partial charge is 0.382 e. The molecule has 174 valence electrons. The maximum atomic E-state index is 14.0. The number of ketones is 1. The van der Waals surface area contributed by atoms with Gasteiger partial charge in [-0.25, -0.2) is 13.8 Å². The van der Waals surface area contributed by atoms with E-state index in [2.05, 4.69) is 10.3 Å². The number of nitrogens with zero attached hydrogens (tertiary/aromatic N) is 3. The lowest BCUT2D eigenvalue weighted by molar-refractivity contribution is 0.0722. The third kappa shape index (κ3) is 5.52. The van der Waals surface area contributed by atoms with Gasteiger partial charge in [0.2, 0.25) is 5.78 Å². The zero-order valence-electron chi connectivity index (χ0n) is 18.7. The number of benzene rings is 2.